The third-order valence-electron chi connectivity index (χ3n) is 11.9. The van der Waals surface area contributed by atoms with E-state index in [1.165, 1.54) is 5.19 Å². The molecule has 0 aromatic heterocycles. The van der Waals surface area contributed by atoms with Crippen LogP contribution in [0.4, 0.5) is 34.1 Å². The van der Waals surface area contributed by atoms with Gasteiger partial charge in [-0.1, -0.05) is 146 Å². The second-order valence-electron chi connectivity index (χ2n) is 16.5. The van der Waals surface area contributed by atoms with Crippen molar-refractivity contribution < 1.29 is 9.47 Å². The van der Waals surface area contributed by atoms with Gasteiger partial charge in [0, 0.05) is 51.1 Å². The summed E-state index contributed by atoms with van der Waals surface area (Å²) in [6, 6.07) is 69.4. The highest BCUT2D eigenvalue weighted by Gasteiger charge is 2.44. The molecule has 2 heterocycles. The van der Waals surface area contributed by atoms with Gasteiger partial charge in [0.15, 0.2) is 0 Å². The molecule has 0 spiro atoms. The quantitative estimate of drug-likeness (QED) is 0.151. The minimum atomic E-state index is -1.82. The number of rotatable bonds is 7. The minimum Gasteiger partial charge on any atom is -0.458 e. The summed E-state index contributed by atoms with van der Waals surface area (Å²) in [5.74, 6) is 3.48. The van der Waals surface area contributed by atoms with Gasteiger partial charge in [0.2, 0.25) is 0 Å². The zero-order chi connectivity index (χ0) is 39.7. The lowest BCUT2D eigenvalue weighted by Crippen LogP contribution is -2.58. The molecule has 59 heavy (non-hydrogen) atoms. The van der Waals surface area contributed by atoms with E-state index in [9.17, 15) is 0 Å². The number of benzene rings is 9. The summed E-state index contributed by atoms with van der Waals surface area (Å²) in [6.07, 6.45) is 0. The zero-order valence-electron chi connectivity index (χ0n) is 33.3. The predicted molar refractivity (Wildman–Crippen MR) is 251 cm³/mol. The molecular formula is C53H41BN2O2Si. The fourth-order valence-corrected chi connectivity index (χ4v) is 10.3. The summed E-state index contributed by atoms with van der Waals surface area (Å²) < 4.78 is 14.5. The number of nitrogens with zero attached hydrogens (tertiary/aromatic N) is 2. The van der Waals surface area contributed by atoms with Crippen LogP contribution >= 0.6 is 0 Å². The SMILES string of the molecule is C[Si](C)(C)c1cc2c3c(c1)Oc1cc(N(c4ccccc4)c4ccccc4)c4ccccc4c1B3c1c(cc(N(c3ccccc3)c3ccccc3)c3ccccc13)O2. The molecule has 9 aromatic carbocycles. The maximum atomic E-state index is 7.24. The number of hydrogen-bond acceptors (Lipinski definition) is 4. The molecule has 2 aliphatic rings. The molecule has 0 fully saturated rings. The van der Waals surface area contributed by atoms with E-state index in [0.717, 1.165) is 95.1 Å². The number of para-hydroxylation sites is 4. The Hall–Kier alpha value is -7.02. The minimum absolute atomic E-state index is 0.148. The molecule has 0 N–H and O–H groups in total. The topological polar surface area (TPSA) is 24.9 Å². The standard InChI is InChI=1S/C53H41BN2O2Si/c1-59(2,3)40-32-47-53-48(33-40)58-50-35-46(56(38-24-12-6-13-25-38)39-26-14-7-15-27-39)42-29-17-19-31-44(42)52(50)54(53)51-43-30-18-16-28-41(43)45(34-49(51)57-47)55(36-20-8-4-9-21-36)37-22-10-5-11-23-37/h4-35H,1-3H3. The van der Waals surface area contributed by atoms with Crippen molar-refractivity contribution in [2.45, 2.75) is 19.6 Å². The summed E-state index contributed by atoms with van der Waals surface area (Å²) in [7, 11) is -1.82. The number of fused-ring (bicyclic) bond motifs is 8. The first kappa shape index (κ1) is 35.2. The van der Waals surface area contributed by atoms with E-state index < -0.39 is 8.07 Å². The van der Waals surface area contributed by atoms with Gasteiger partial charge in [0.25, 0.3) is 6.71 Å². The normalized spacial score (nSPS) is 12.6. The molecule has 0 bridgehead atoms. The maximum absolute atomic E-state index is 7.24. The largest absolute Gasteiger partial charge is 0.458 e. The second kappa shape index (κ2) is 13.8. The van der Waals surface area contributed by atoms with Crippen LogP contribution in [0.25, 0.3) is 21.5 Å². The lowest BCUT2D eigenvalue weighted by molar-refractivity contribution is 0.466. The van der Waals surface area contributed by atoms with Crippen molar-refractivity contribution in [1.29, 1.82) is 0 Å². The van der Waals surface area contributed by atoms with Crippen molar-refractivity contribution in [3.8, 4) is 23.0 Å². The molecule has 2 aliphatic heterocycles. The number of anilines is 6. The number of hydrogen-bond donors (Lipinski definition) is 0. The summed E-state index contributed by atoms with van der Waals surface area (Å²) in [5, 5.41) is 5.91. The van der Waals surface area contributed by atoms with Gasteiger partial charge in [-0.3, -0.25) is 0 Å². The van der Waals surface area contributed by atoms with E-state index in [1.54, 1.807) is 0 Å². The van der Waals surface area contributed by atoms with E-state index in [2.05, 4.69) is 224 Å². The lowest BCUT2D eigenvalue weighted by atomic mass is 9.33. The van der Waals surface area contributed by atoms with Gasteiger partial charge < -0.3 is 19.3 Å². The Morgan fingerprint density at radius 2 is 0.661 bits per heavy atom. The van der Waals surface area contributed by atoms with E-state index in [4.69, 9.17) is 9.47 Å². The zero-order valence-corrected chi connectivity index (χ0v) is 34.3. The summed E-state index contributed by atoms with van der Waals surface area (Å²) in [4.78, 5) is 4.71. The molecule has 4 nitrogen and oxygen atoms in total. The summed E-state index contributed by atoms with van der Waals surface area (Å²) in [5.41, 5.74) is 9.87. The highest BCUT2D eigenvalue weighted by Crippen LogP contribution is 2.46. The molecule has 0 atom stereocenters. The first-order chi connectivity index (χ1) is 28.9. The van der Waals surface area contributed by atoms with Crippen molar-refractivity contribution in [2.24, 2.45) is 0 Å². The van der Waals surface area contributed by atoms with Crippen molar-refractivity contribution in [3.63, 3.8) is 0 Å². The number of ether oxygens (including phenoxy) is 2. The molecule has 9 aromatic rings. The van der Waals surface area contributed by atoms with E-state index >= 15 is 0 Å². The molecule has 0 aliphatic carbocycles. The van der Waals surface area contributed by atoms with Crippen molar-refractivity contribution >= 4 is 92.0 Å². The van der Waals surface area contributed by atoms with Crippen LogP contribution in [0.2, 0.25) is 19.6 Å². The molecule has 0 unspecified atom stereocenters. The van der Waals surface area contributed by atoms with Gasteiger partial charge in [-0.15, -0.1) is 0 Å². The molecule has 0 radical (unpaired) electrons. The van der Waals surface area contributed by atoms with Crippen molar-refractivity contribution in [3.05, 3.63) is 194 Å². The van der Waals surface area contributed by atoms with Crippen LogP contribution in [-0.4, -0.2) is 14.8 Å². The molecule has 282 valence electrons. The Morgan fingerprint density at radius 1 is 0.356 bits per heavy atom. The molecule has 0 saturated carbocycles. The Bertz CT molecular complexity index is 2770. The second-order valence-corrected chi connectivity index (χ2v) is 21.6. The van der Waals surface area contributed by atoms with E-state index in [-0.39, 0.29) is 6.71 Å². The summed E-state index contributed by atoms with van der Waals surface area (Å²) >= 11 is 0. The lowest BCUT2D eigenvalue weighted by Gasteiger charge is -2.37. The average molecular weight is 777 g/mol. The summed E-state index contributed by atoms with van der Waals surface area (Å²) in [6.45, 7) is 7.02. The highest BCUT2D eigenvalue weighted by atomic mass is 28.3. The Labute approximate surface area is 346 Å². The fraction of sp³-hybridized carbons (Fsp3) is 0.0566. The molecular weight excluding hydrogens is 735 g/mol. The first-order valence-corrected chi connectivity index (χ1v) is 23.9. The van der Waals surface area contributed by atoms with Gasteiger partial charge in [-0.05, 0) is 82.4 Å². The highest BCUT2D eigenvalue weighted by molar-refractivity contribution is 7.01. The van der Waals surface area contributed by atoms with Crippen LogP contribution in [0.5, 0.6) is 23.0 Å². The van der Waals surface area contributed by atoms with Crippen LogP contribution in [0.3, 0.4) is 0 Å². The van der Waals surface area contributed by atoms with Crippen LogP contribution in [0.1, 0.15) is 0 Å². The van der Waals surface area contributed by atoms with E-state index in [1.807, 2.05) is 0 Å². The maximum Gasteiger partial charge on any atom is 0.262 e. The molecule has 6 heteroatoms. The van der Waals surface area contributed by atoms with Crippen molar-refractivity contribution in [1.82, 2.24) is 0 Å². The van der Waals surface area contributed by atoms with Gasteiger partial charge >= 0.3 is 0 Å². The predicted octanol–water partition coefficient (Wildman–Crippen LogP) is 12.2. The van der Waals surface area contributed by atoms with Gasteiger partial charge in [-0.25, -0.2) is 0 Å². The third-order valence-corrected chi connectivity index (χ3v) is 13.9. The van der Waals surface area contributed by atoms with Crippen LogP contribution in [0, 0.1) is 0 Å². The average Bonchev–Trinajstić information content (AvgIpc) is 3.27. The van der Waals surface area contributed by atoms with Crippen LogP contribution in [0.15, 0.2) is 194 Å². The Balaban J connectivity index is 1.22. The third kappa shape index (κ3) is 5.82. The molecule has 0 saturated heterocycles. The Kier molecular flexibility index (Phi) is 8.24. The first-order valence-electron chi connectivity index (χ1n) is 20.4. The van der Waals surface area contributed by atoms with Gasteiger partial charge in [0.05, 0.1) is 19.4 Å². The van der Waals surface area contributed by atoms with Gasteiger partial charge in [-0.2, -0.15) is 0 Å². The van der Waals surface area contributed by atoms with Crippen LogP contribution in [-0.2, 0) is 0 Å². The van der Waals surface area contributed by atoms with E-state index in [0.29, 0.717) is 0 Å². The Morgan fingerprint density at radius 3 is 1.00 bits per heavy atom. The van der Waals surface area contributed by atoms with Gasteiger partial charge in [0.1, 0.15) is 23.0 Å². The molecule has 0 amide bonds. The smallest absolute Gasteiger partial charge is 0.262 e. The van der Waals surface area contributed by atoms with Crippen molar-refractivity contribution in [2.75, 3.05) is 9.80 Å². The molecule has 11 rings (SSSR count). The monoisotopic (exact) mass is 776 g/mol. The van der Waals surface area contributed by atoms with Crippen LogP contribution < -0.4 is 40.8 Å². The fourth-order valence-electron chi connectivity index (χ4n) is 9.16.